The van der Waals surface area contributed by atoms with E-state index in [0.29, 0.717) is 5.56 Å². The van der Waals surface area contributed by atoms with Crippen molar-refractivity contribution in [3.63, 3.8) is 0 Å². The number of carboxylic acid groups (broad SMARTS) is 1. The van der Waals surface area contributed by atoms with Gasteiger partial charge >= 0.3 is 11.7 Å². The summed E-state index contributed by atoms with van der Waals surface area (Å²) in [5.41, 5.74) is -0.231. The number of aliphatic carboxylic acids is 1. The van der Waals surface area contributed by atoms with Crippen molar-refractivity contribution < 1.29 is 18.3 Å². The number of carboxylic acids is 1. The number of nitrogens with zero attached hydrogens (tertiary/aromatic N) is 3. The van der Waals surface area contributed by atoms with E-state index in [1.54, 1.807) is 0 Å². The van der Waals surface area contributed by atoms with Crippen LogP contribution >= 0.6 is 0 Å². The Morgan fingerprint density at radius 1 is 1.19 bits per heavy atom. The molecule has 3 rings (SSSR count). The fraction of sp³-hybridized carbons (Fsp3) is 0.200. The number of aromatic amines is 1. The summed E-state index contributed by atoms with van der Waals surface area (Å²) >= 11 is 0. The second-order valence-corrected chi connectivity index (χ2v) is 7.50. The van der Waals surface area contributed by atoms with Crippen LogP contribution < -0.4 is 16.0 Å². The number of aryl methyl sites for hydroxylation is 1. The molecule has 0 unspecified atom stereocenters. The molecular formula is C15H15N5O6S. The number of nitrogens with one attached hydrogen (secondary N) is 2. The fourth-order valence-electron chi connectivity index (χ4n) is 2.49. The summed E-state index contributed by atoms with van der Waals surface area (Å²) in [6.07, 6.45) is 0. The number of benzene rings is 1. The molecule has 3 aromatic rings. The van der Waals surface area contributed by atoms with Crippen LogP contribution in [0.15, 0.2) is 38.8 Å². The highest BCUT2D eigenvalue weighted by Crippen LogP contribution is 2.20. The highest BCUT2D eigenvalue weighted by Gasteiger charge is 2.17. The van der Waals surface area contributed by atoms with Gasteiger partial charge in [-0.05, 0) is 24.3 Å². The molecule has 0 saturated carbocycles. The summed E-state index contributed by atoms with van der Waals surface area (Å²) in [4.78, 5) is 41.7. The molecule has 1 aromatic carbocycles. The molecule has 0 spiro atoms. The van der Waals surface area contributed by atoms with Gasteiger partial charge in [-0.1, -0.05) is 0 Å². The minimum Gasteiger partial charge on any atom is -0.480 e. The summed E-state index contributed by atoms with van der Waals surface area (Å²) in [7, 11) is -1.12. The maximum atomic E-state index is 12.2. The Morgan fingerprint density at radius 2 is 1.81 bits per heavy atom. The third kappa shape index (κ3) is 3.27. The number of rotatable bonds is 5. The van der Waals surface area contributed by atoms with Gasteiger partial charge in [0.25, 0.3) is 5.56 Å². The number of fused-ring (bicyclic) bond motifs is 1. The maximum absolute atomic E-state index is 12.2. The molecule has 27 heavy (non-hydrogen) atoms. The lowest BCUT2D eigenvalue weighted by molar-refractivity contribution is -0.135. The first-order valence-corrected chi connectivity index (χ1v) is 9.08. The molecule has 0 aliphatic rings. The number of carbonyl (C=O) groups is 1. The van der Waals surface area contributed by atoms with Gasteiger partial charge in [0.1, 0.15) is 17.9 Å². The lowest BCUT2D eigenvalue weighted by atomic mass is 10.2. The quantitative estimate of drug-likeness (QED) is 0.501. The van der Waals surface area contributed by atoms with Crippen molar-refractivity contribution in [2.24, 2.45) is 14.1 Å². The number of hydrogen-bond acceptors (Lipinski definition) is 6. The third-order valence-electron chi connectivity index (χ3n) is 3.95. The monoisotopic (exact) mass is 393 g/mol. The topological polar surface area (TPSA) is 156 Å². The maximum Gasteiger partial charge on any atom is 0.332 e. The summed E-state index contributed by atoms with van der Waals surface area (Å²) < 4.78 is 28.1. The smallest absolute Gasteiger partial charge is 0.332 e. The molecule has 2 aromatic heterocycles. The summed E-state index contributed by atoms with van der Waals surface area (Å²) in [5.74, 6) is -1.02. The van der Waals surface area contributed by atoms with Gasteiger partial charge in [0.15, 0.2) is 5.65 Å². The number of sulfonamides is 1. The molecule has 0 aliphatic heterocycles. The summed E-state index contributed by atoms with van der Waals surface area (Å²) in [6, 6.07) is 5.47. The van der Waals surface area contributed by atoms with Gasteiger partial charge in [-0.15, -0.1) is 0 Å². The molecular weight excluding hydrogens is 378 g/mol. The van der Waals surface area contributed by atoms with Crippen molar-refractivity contribution in [2.45, 2.75) is 4.90 Å². The molecule has 12 heteroatoms. The third-order valence-corrected chi connectivity index (χ3v) is 5.36. The van der Waals surface area contributed by atoms with E-state index in [9.17, 15) is 22.8 Å². The molecule has 0 bridgehead atoms. The van der Waals surface area contributed by atoms with Crippen molar-refractivity contribution in [3.8, 4) is 11.4 Å². The zero-order chi connectivity index (χ0) is 19.9. The molecule has 2 heterocycles. The Bertz CT molecular complexity index is 1270. The average molecular weight is 393 g/mol. The Hall–Kier alpha value is -3.25. The molecule has 11 nitrogen and oxygen atoms in total. The minimum absolute atomic E-state index is 0.119. The van der Waals surface area contributed by atoms with Crippen molar-refractivity contribution in [3.05, 3.63) is 45.1 Å². The lowest BCUT2D eigenvalue weighted by Gasteiger charge is -2.05. The van der Waals surface area contributed by atoms with Gasteiger partial charge < -0.3 is 10.1 Å². The van der Waals surface area contributed by atoms with Gasteiger partial charge in [0.2, 0.25) is 10.0 Å². The van der Waals surface area contributed by atoms with Crippen LogP contribution in [0.1, 0.15) is 0 Å². The molecule has 142 valence electrons. The molecule has 0 atom stereocenters. The number of H-pyrrole nitrogens is 1. The van der Waals surface area contributed by atoms with Crippen LogP contribution in [0.2, 0.25) is 0 Å². The largest absolute Gasteiger partial charge is 0.480 e. The van der Waals surface area contributed by atoms with Gasteiger partial charge in [0, 0.05) is 19.7 Å². The standard InChI is InChI=1S/C15H15N5O6S/c1-19-13-11(14(23)20(2)15(19)24)17-12(18-13)8-3-5-9(6-4-8)27(25,26)16-7-10(21)22/h3-6,16H,7H2,1-2H3,(H,17,18)(H,21,22). The Kier molecular flexibility index (Phi) is 4.45. The van der Waals surface area contributed by atoms with Crippen LogP contribution in [-0.4, -0.2) is 45.1 Å². The number of imidazole rings is 1. The van der Waals surface area contributed by atoms with E-state index in [-0.39, 0.29) is 21.9 Å². The predicted molar refractivity (Wildman–Crippen MR) is 94.8 cm³/mol. The molecule has 3 N–H and O–H groups in total. The molecule has 0 radical (unpaired) electrons. The minimum atomic E-state index is -3.96. The fourth-order valence-corrected chi connectivity index (χ4v) is 3.47. The van der Waals surface area contributed by atoms with E-state index < -0.39 is 33.8 Å². The van der Waals surface area contributed by atoms with E-state index in [2.05, 4.69) is 9.97 Å². The molecule has 0 saturated heterocycles. The van der Waals surface area contributed by atoms with Crippen molar-refractivity contribution in [1.82, 2.24) is 23.8 Å². The second-order valence-electron chi connectivity index (χ2n) is 5.73. The van der Waals surface area contributed by atoms with Crippen LogP contribution in [0.5, 0.6) is 0 Å². The first kappa shape index (κ1) is 18.5. The molecule has 0 fully saturated rings. The van der Waals surface area contributed by atoms with Gasteiger partial charge in [0.05, 0.1) is 4.90 Å². The first-order chi connectivity index (χ1) is 12.6. The second kappa shape index (κ2) is 6.48. The van der Waals surface area contributed by atoms with E-state index in [0.717, 1.165) is 4.57 Å². The predicted octanol–water partition coefficient (Wildman–Crippen LogP) is -1.01. The van der Waals surface area contributed by atoms with Crippen LogP contribution in [0.25, 0.3) is 22.6 Å². The summed E-state index contributed by atoms with van der Waals surface area (Å²) in [6.45, 7) is -0.731. The Labute approximate surface area is 152 Å². The normalized spacial score (nSPS) is 11.8. The van der Waals surface area contributed by atoms with Crippen LogP contribution in [0, 0.1) is 0 Å². The van der Waals surface area contributed by atoms with Gasteiger partial charge in [-0.3, -0.25) is 18.7 Å². The van der Waals surface area contributed by atoms with E-state index in [1.807, 2.05) is 4.72 Å². The SMILES string of the molecule is Cn1c(=O)c2[nH]c(-c3ccc(S(=O)(=O)NCC(=O)O)cc3)nc2n(C)c1=O. The van der Waals surface area contributed by atoms with E-state index in [4.69, 9.17) is 5.11 Å². The lowest BCUT2D eigenvalue weighted by Crippen LogP contribution is -2.36. The first-order valence-electron chi connectivity index (χ1n) is 7.59. The van der Waals surface area contributed by atoms with Crippen molar-refractivity contribution >= 4 is 27.2 Å². The van der Waals surface area contributed by atoms with Crippen LogP contribution in [0.3, 0.4) is 0 Å². The summed E-state index contributed by atoms with van der Waals surface area (Å²) in [5, 5.41) is 8.58. The highest BCUT2D eigenvalue weighted by atomic mass is 32.2. The van der Waals surface area contributed by atoms with E-state index >= 15 is 0 Å². The Morgan fingerprint density at radius 3 is 2.41 bits per heavy atom. The van der Waals surface area contributed by atoms with Gasteiger partial charge in [-0.25, -0.2) is 18.2 Å². The van der Waals surface area contributed by atoms with Crippen LogP contribution in [0.4, 0.5) is 0 Å². The number of hydrogen-bond donors (Lipinski definition) is 3. The van der Waals surface area contributed by atoms with Crippen molar-refractivity contribution in [1.29, 1.82) is 0 Å². The number of aromatic nitrogens is 4. The zero-order valence-corrected chi connectivity index (χ0v) is 15.1. The van der Waals surface area contributed by atoms with E-state index in [1.165, 1.54) is 42.9 Å². The average Bonchev–Trinajstić information content (AvgIpc) is 3.09. The van der Waals surface area contributed by atoms with Crippen LogP contribution in [-0.2, 0) is 28.9 Å². The molecule has 0 aliphatic carbocycles. The highest BCUT2D eigenvalue weighted by molar-refractivity contribution is 7.89. The molecule has 0 amide bonds. The zero-order valence-electron chi connectivity index (χ0n) is 14.3. The van der Waals surface area contributed by atoms with Gasteiger partial charge in [-0.2, -0.15) is 4.72 Å². The Balaban J connectivity index is 2.02. The van der Waals surface area contributed by atoms with Crippen molar-refractivity contribution in [2.75, 3.05) is 6.54 Å².